The third-order valence-corrected chi connectivity index (χ3v) is 3.44. The van der Waals surface area contributed by atoms with Crippen molar-refractivity contribution in [3.05, 3.63) is 53.8 Å². The molecule has 0 aliphatic heterocycles. The summed E-state index contributed by atoms with van der Waals surface area (Å²) in [6.45, 7) is 0. The monoisotopic (exact) mass is 297 g/mol. The minimum atomic E-state index is -0.427. The zero-order valence-electron chi connectivity index (χ0n) is 11.7. The number of ether oxygens (including phenoxy) is 1. The van der Waals surface area contributed by atoms with E-state index < -0.39 is 5.82 Å². The quantitative estimate of drug-likeness (QED) is 0.751. The first-order valence-corrected chi connectivity index (χ1v) is 6.56. The first-order chi connectivity index (χ1) is 10.7. The number of hydrogen-bond acceptors (Lipinski definition) is 4. The van der Waals surface area contributed by atoms with Crippen molar-refractivity contribution in [2.45, 2.75) is 0 Å². The average molecular weight is 297 g/mol. The van der Waals surface area contributed by atoms with Crippen LogP contribution in [0, 0.1) is 5.82 Å². The first-order valence-electron chi connectivity index (χ1n) is 6.56. The van der Waals surface area contributed by atoms with Gasteiger partial charge in [-0.25, -0.2) is 9.37 Å². The third kappa shape index (κ3) is 2.16. The molecule has 4 nitrogen and oxygen atoms in total. The maximum Gasteiger partial charge on any atom is 0.167 e. The predicted octanol–water partition coefficient (Wildman–Crippen LogP) is 3.57. The topological polar surface area (TPSA) is 59.4 Å². The number of phenolic OH excluding ortho intramolecular Hbond substituents is 1. The normalized spacial score (nSPS) is 10.6. The summed E-state index contributed by atoms with van der Waals surface area (Å²) < 4.78 is 18.9. The van der Waals surface area contributed by atoms with E-state index in [9.17, 15) is 14.3 Å². The molecule has 1 heterocycles. The molecule has 5 heteroatoms. The molecule has 0 fully saturated rings. The summed E-state index contributed by atoms with van der Waals surface area (Å²) in [4.78, 5) is 15.7. The zero-order chi connectivity index (χ0) is 15.7. The molecule has 110 valence electrons. The van der Waals surface area contributed by atoms with E-state index in [1.165, 1.54) is 19.2 Å². The Balaban J connectivity index is 2.33. The van der Waals surface area contributed by atoms with Crippen molar-refractivity contribution in [2.24, 2.45) is 0 Å². The van der Waals surface area contributed by atoms with Crippen LogP contribution in [0.4, 0.5) is 4.39 Å². The Morgan fingerprint density at radius 1 is 1.23 bits per heavy atom. The van der Waals surface area contributed by atoms with Gasteiger partial charge in [-0.05, 0) is 30.3 Å². The second-order valence-electron chi connectivity index (χ2n) is 4.70. The number of fused-ring (bicyclic) bond motifs is 1. The smallest absolute Gasteiger partial charge is 0.167 e. The summed E-state index contributed by atoms with van der Waals surface area (Å²) in [5.41, 5.74) is 1.24. The van der Waals surface area contributed by atoms with Gasteiger partial charge in [-0.3, -0.25) is 4.79 Å². The number of hydrogen-bond donors (Lipinski definition) is 1. The summed E-state index contributed by atoms with van der Waals surface area (Å²) >= 11 is 0. The molecule has 1 aromatic heterocycles. The van der Waals surface area contributed by atoms with Gasteiger partial charge < -0.3 is 9.84 Å². The van der Waals surface area contributed by atoms with Crippen LogP contribution < -0.4 is 4.74 Å². The van der Waals surface area contributed by atoms with Gasteiger partial charge in [0.2, 0.25) is 0 Å². The minimum Gasteiger partial charge on any atom is -0.504 e. The van der Waals surface area contributed by atoms with E-state index in [1.54, 1.807) is 30.3 Å². The number of aromatic hydroxyl groups is 1. The molecule has 3 aromatic rings. The number of aromatic nitrogens is 1. The van der Waals surface area contributed by atoms with E-state index in [2.05, 4.69) is 4.98 Å². The highest BCUT2D eigenvalue weighted by molar-refractivity contribution is 6.02. The molecule has 0 amide bonds. The fourth-order valence-electron chi connectivity index (χ4n) is 2.39. The van der Waals surface area contributed by atoms with E-state index >= 15 is 0 Å². The molecule has 0 aliphatic carbocycles. The molecule has 3 rings (SSSR count). The number of aldehydes is 1. The number of carbonyl (C=O) groups excluding carboxylic acids is 1. The highest BCUT2D eigenvalue weighted by Crippen LogP contribution is 2.37. The standard InChI is InChI=1S/C17H12FNO3/c1-22-15-7-6-13-16(17(15)21)10(9-20)8-14(19-13)11-4-2-3-5-12(11)18/h2-9,21H,1H3. The molecule has 0 atom stereocenters. The molecular formula is C17H12FNO3. The van der Waals surface area contributed by atoms with Gasteiger partial charge in [-0.2, -0.15) is 0 Å². The van der Waals surface area contributed by atoms with E-state index in [4.69, 9.17) is 4.74 Å². The lowest BCUT2D eigenvalue weighted by molar-refractivity contribution is 0.112. The number of pyridine rings is 1. The Morgan fingerprint density at radius 2 is 2.00 bits per heavy atom. The largest absolute Gasteiger partial charge is 0.504 e. The van der Waals surface area contributed by atoms with Gasteiger partial charge in [0.05, 0.1) is 23.7 Å². The molecule has 0 unspecified atom stereocenters. The molecule has 0 bridgehead atoms. The summed E-state index contributed by atoms with van der Waals surface area (Å²) in [5, 5.41) is 10.5. The van der Waals surface area contributed by atoms with Gasteiger partial charge in [-0.1, -0.05) is 12.1 Å². The fraction of sp³-hybridized carbons (Fsp3) is 0.0588. The van der Waals surface area contributed by atoms with Gasteiger partial charge in [0.25, 0.3) is 0 Å². The maximum atomic E-state index is 13.9. The molecule has 1 N–H and O–H groups in total. The Hall–Kier alpha value is -2.95. The van der Waals surface area contributed by atoms with Crippen LogP contribution in [0.2, 0.25) is 0 Å². The second-order valence-corrected chi connectivity index (χ2v) is 4.70. The van der Waals surface area contributed by atoms with Crippen molar-refractivity contribution in [1.29, 1.82) is 0 Å². The lowest BCUT2D eigenvalue weighted by Gasteiger charge is -2.10. The Kier molecular flexibility index (Phi) is 3.47. The van der Waals surface area contributed by atoms with Gasteiger partial charge in [0.1, 0.15) is 5.82 Å². The van der Waals surface area contributed by atoms with Crippen LogP contribution in [0.25, 0.3) is 22.2 Å². The van der Waals surface area contributed by atoms with Crippen molar-refractivity contribution < 1.29 is 19.0 Å². The third-order valence-electron chi connectivity index (χ3n) is 3.44. The molecule has 0 saturated carbocycles. The maximum absolute atomic E-state index is 13.9. The van der Waals surface area contributed by atoms with Crippen molar-refractivity contribution in [3.8, 4) is 22.8 Å². The van der Waals surface area contributed by atoms with Crippen LogP contribution in [-0.2, 0) is 0 Å². The number of carbonyl (C=O) groups is 1. The molecule has 2 aromatic carbocycles. The van der Waals surface area contributed by atoms with Crippen molar-refractivity contribution in [2.75, 3.05) is 7.11 Å². The number of benzene rings is 2. The Bertz CT molecular complexity index is 877. The number of phenols is 1. The predicted molar refractivity (Wildman–Crippen MR) is 80.7 cm³/mol. The summed E-state index contributed by atoms with van der Waals surface area (Å²) in [7, 11) is 1.42. The van der Waals surface area contributed by atoms with Crippen LogP contribution >= 0.6 is 0 Å². The first kappa shape index (κ1) is 14.0. The number of rotatable bonds is 3. The fourth-order valence-corrected chi connectivity index (χ4v) is 2.39. The molecule has 22 heavy (non-hydrogen) atoms. The van der Waals surface area contributed by atoms with Gasteiger partial charge in [0, 0.05) is 11.1 Å². The highest BCUT2D eigenvalue weighted by Gasteiger charge is 2.15. The molecular weight excluding hydrogens is 285 g/mol. The lowest BCUT2D eigenvalue weighted by atomic mass is 10.0. The molecule has 0 saturated heterocycles. The van der Waals surface area contributed by atoms with Gasteiger partial charge in [0.15, 0.2) is 17.8 Å². The average Bonchev–Trinajstić information content (AvgIpc) is 2.54. The minimum absolute atomic E-state index is 0.158. The van der Waals surface area contributed by atoms with E-state index in [1.807, 2.05) is 0 Å². The number of nitrogens with zero attached hydrogens (tertiary/aromatic N) is 1. The lowest BCUT2D eigenvalue weighted by Crippen LogP contribution is -1.95. The van der Waals surface area contributed by atoms with Crippen molar-refractivity contribution in [1.82, 2.24) is 4.98 Å². The summed E-state index contributed by atoms with van der Waals surface area (Å²) in [5.74, 6) is -0.338. The van der Waals surface area contributed by atoms with Crippen LogP contribution in [0.15, 0.2) is 42.5 Å². The SMILES string of the molecule is COc1ccc2nc(-c3ccccc3F)cc(C=O)c2c1O. The molecule has 0 spiro atoms. The van der Waals surface area contributed by atoms with Gasteiger partial charge in [-0.15, -0.1) is 0 Å². The van der Waals surface area contributed by atoms with Crippen LogP contribution in [-0.4, -0.2) is 23.5 Å². The second kappa shape index (κ2) is 5.44. The molecule has 0 aliphatic rings. The van der Waals surface area contributed by atoms with E-state index in [0.717, 1.165) is 0 Å². The summed E-state index contributed by atoms with van der Waals surface area (Å²) in [6, 6.07) is 10.8. The zero-order valence-corrected chi connectivity index (χ0v) is 11.7. The van der Waals surface area contributed by atoms with Crippen molar-refractivity contribution in [3.63, 3.8) is 0 Å². The number of methoxy groups -OCH3 is 1. The van der Waals surface area contributed by atoms with Crippen molar-refractivity contribution >= 4 is 17.2 Å². The van der Waals surface area contributed by atoms with Gasteiger partial charge >= 0.3 is 0 Å². The molecule has 0 radical (unpaired) electrons. The Labute approximate surface area is 125 Å². The van der Waals surface area contributed by atoms with E-state index in [0.29, 0.717) is 23.1 Å². The van der Waals surface area contributed by atoms with Crippen LogP contribution in [0.3, 0.4) is 0 Å². The summed E-state index contributed by atoms with van der Waals surface area (Å²) in [6.07, 6.45) is 0.605. The highest BCUT2D eigenvalue weighted by atomic mass is 19.1. The van der Waals surface area contributed by atoms with Crippen LogP contribution in [0.5, 0.6) is 11.5 Å². The van der Waals surface area contributed by atoms with Crippen LogP contribution in [0.1, 0.15) is 10.4 Å². The number of halogens is 1. The Morgan fingerprint density at radius 3 is 2.68 bits per heavy atom. The van der Waals surface area contributed by atoms with E-state index in [-0.39, 0.29) is 22.4 Å².